The van der Waals surface area contributed by atoms with Gasteiger partial charge >= 0.3 is 0 Å². The predicted molar refractivity (Wildman–Crippen MR) is 58.8 cm³/mol. The third-order valence-electron chi connectivity index (χ3n) is 2.37. The number of hydrogen-bond donors (Lipinski definition) is 5. The molecule has 0 aliphatic rings. The molecule has 1 aromatic rings. The van der Waals surface area contributed by atoms with Gasteiger partial charge in [0.25, 0.3) is 0 Å². The summed E-state index contributed by atoms with van der Waals surface area (Å²) in [6, 6.07) is 4.22. The van der Waals surface area contributed by atoms with Crippen molar-refractivity contribution in [3.05, 3.63) is 29.3 Å². The summed E-state index contributed by atoms with van der Waals surface area (Å²) in [5, 5.41) is 37.8. The minimum Gasteiger partial charge on any atom is -0.508 e. The van der Waals surface area contributed by atoms with E-state index in [0.717, 1.165) is 0 Å². The van der Waals surface area contributed by atoms with Crippen LogP contribution in [0, 0.1) is 0 Å². The second kappa shape index (κ2) is 5.27. The number of phenols is 1. The van der Waals surface area contributed by atoms with Crippen LogP contribution in [0.15, 0.2) is 18.2 Å². The van der Waals surface area contributed by atoms with E-state index in [1.54, 1.807) is 0 Å². The normalized spacial score (nSPS) is 16.8. The van der Waals surface area contributed by atoms with Gasteiger partial charge in [0, 0.05) is 6.54 Å². The number of aliphatic hydroxyl groups excluding tert-OH is 3. The second-order valence-corrected chi connectivity index (χ2v) is 3.79. The number of aromatic hydroxyl groups is 1. The molecule has 0 aliphatic carbocycles. The first-order valence-electron chi connectivity index (χ1n) is 5.03. The molecule has 0 spiro atoms. The van der Waals surface area contributed by atoms with Gasteiger partial charge in [-0.1, -0.05) is 6.07 Å². The average molecular weight is 227 g/mol. The first-order chi connectivity index (χ1) is 7.45. The van der Waals surface area contributed by atoms with Gasteiger partial charge in [0.15, 0.2) is 0 Å². The first kappa shape index (κ1) is 12.9. The highest BCUT2D eigenvalue weighted by molar-refractivity contribution is 5.36. The smallest absolute Gasteiger partial charge is 0.116 e. The molecular formula is C11H17NO4. The number of phenolic OH excluding ortho intramolecular Hbond substituents is 1. The molecule has 0 amide bonds. The zero-order chi connectivity index (χ0) is 12.3. The molecule has 2 unspecified atom stereocenters. The minimum absolute atomic E-state index is 0.0215. The van der Waals surface area contributed by atoms with Crippen molar-refractivity contribution in [2.75, 3.05) is 6.54 Å². The van der Waals surface area contributed by atoms with Crippen molar-refractivity contribution in [1.29, 1.82) is 0 Å². The Morgan fingerprint density at radius 2 is 1.69 bits per heavy atom. The maximum Gasteiger partial charge on any atom is 0.116 e. The van der Waals surface area contributed by atoms with Crippen molar-refractivity contribution >= 4 is 0 Å². The fourth-order valence-electron chi connectivity index (χ4n) is 1.44. The Labute approximate surface area is 93.8 Å². The molecule has 0 saturated carbocycles. The minimum atomic E-state index is -1.10. The number of hydrogen-bond acceptors (Lipinski definition) is 5. The topological polar surface area (TPSA) is 107 Å². The maximum atomic E-state index is 9.63. The Morgan fingerprint density at radius 1 is 1.12 bits per heavy atom. The van der Waals surface area contributed by atoms with Gasteiger partial charge in [-0.3, -0.25) is 0 Å². The largest absolute Gasteiger partial charge is 0.508 e. The number of nitrogens with two attached hydrogens (primary N) is 1. The molecule has 6 N–H and O–H groups in total. The lowest BCUT2D eigenvalue weighted by Crippen LogP contribution is -2.15. The van der Waals surface area contributed by atoms with Crippen molar-refractivity contribution in [2.24, 2.45) is 5.73 Å². The van der Waals surface area contributed by atoms with Crippen LogP contribution < -0.4 is 5.73 Å². The van der Waals surface area contributed by atoms with E-state index in [4.69, 9.17) is 5.73 Å². The molecule has 0 fully saturated rings. The molecule has 0 radical (unpaired) electrons. The van der Waals surface area contributed by atoms with Gasteiger partial charge in [-0.25, -0.2) is 0 Å². The Balaban J connectivity index is 3.07. The van der Waals surface area contributed by atoms with Crippen molar-refractivity contribution < 1.29 is 20.4 Å². The SMILES string of the molecule is CC(O)[C@H](O)c1cc(O)cc(C(O)CN)c1. The summed E-state index contributed by atoms with van der Waals surface area (Å²) < 4.78 is 0. The van der Waals surface area contributed by atoms with E-state index in [2.05, 4.69) is 0 Å². The van der Waals surface area contributed by atoms with Crippen LogP contribution in [0.25, 0.3) is 0 Å². The average Bonchev–Trinajstić information content (AvgIpc) is 2.25. The molecule has 0 saturated heterocycles. The highest BCUT2D eigenvalue weighted by Crippen LogP contribution is 2.26. The summed E-state index contributed by atoms with van der Waals surface area (Å²) in [4.78, 5) is 0. The molecule has 0 heterocycles. The Bertz CT molecular complexity index is 354. The zero-order valence-electron chi connectivity index (χ0n) is 9.04. The highest BCUT2D eigenvalue weighted by atomic mass is 16.3. The summed E-state index contributed by atoms with van der Waals surface area (Å²) in [5.41, 5.74) is 6.06. The van der Waals surface area contributed by atoms with E-state index >= 15 is 0 Å². The van der Waals surface area contributed by atoms with Crippen LogP contribution in [0.3, 0.4) is 0 Å². The van der Waals surface area contributed by atoms with Crippen molar-refractivity contribution in [1.82, 2.24) is 0 Å². The lowest BCUT2D eigenvalue weighted by atomic mass is 9.99. The van der Waals surface area contributed by atoms with Crippen LogP contribution in [-0.4, -0.2) is 33.1 Å². The van der Waals surface area contributed by atoms with Crippen LogP contribution in [0.1, 0.15) is 30.3 Å². The highest BCUT2D eigenvalue weighted by Gasteiger charge is 2.16. The lowest BCUT2D eigenvalue weighted by molar-refractivity contribution is 0.0302. The Hall–Kier alpha value is -1.14. The quantitative estimate of drug-likeness (QED) is 0.489. The fourth-order valence-corrected chi connectivity index (χ4v) is 1.44. The molecule has 0 aliphatic heterocycles. The van der Waals surface area contributed by atoms with Crippen LogP contribution >= 0.6 is 0 Å². The third-order valence-corrected chi connectivity index (χ3v) is 2.37. The van der Waals surface area contributed by atoms with E-state index in [-0.39, 0.29) is 12.3 Å². The molecule has 5 nitrogen and oxygen atoms in total. The Morgan fingerprint density at radius 3 is 2.19 bits per heavy atom. The summed E-state index contributed by atoms with van der Waals surface area (Å²) >= 11 is 0. The van der Waals surface area contributed by atoms with Gasteiger partial charge in [-0.2, -0.15) is 0 Å². The van der Waals surface area contributed by atoms with E-state index in [1.165, 1.54) is 25.1 Å². The number of rotatable bonds is 4. The number of benzene rings is 1. The summed E-state index contributed by atoms with van der Waals surface area (Å²) in [6.45, 7) is 1.46. The molecule has 1 rings (SSSR count). The molecule has 1 aromatic carbocycles. The molecule has 0 aromatic heterocycles. The van der Waals surface area contributed by atoms with E-state index in [9.17, 15) is 20.4 Å². The molecule has 16 heavy (non-hydrogen) atoms. The van der Waals surface area contributed by atoms with Gasteiger partial charge in [-0.15, -0.1) is 0 Å². The van der Waals surface area contributed by atoms with Crippen LogP contribution in [0.5, 0.6) is 5.75 Å². The fraction of sp³-hybridized carbons (Fsp3) is 0.455. The zero-order valence-corrected chi connectivity index (χ0v) is 9.04. The lowest BCUT2D eigenvalue weighted by Gasteiger charge is -2.17. The molecule has 0 bridgehead atoms. The summed E-state index contributed by atoms with van der Waals surface area (Å²) in [5.74, 6) is -0.0836. The van der Waals surface area contributed by atoms with Crippen LogP contribution in [-0.2, 0) is 0 Å². The molecule has 3 atom stereocenters. The first-order valence-corrected chi connectivity index (χ1v) is 5.03. The van der Waals surface area contributed by atoms with Crippen molar-refractivity contribution in [3.8, 4) is 5.75 Å². The third kappa shape index (κ3) is 2.93. The molecular weight excluding hydrogens is 210 g/mol. The molecule has 5 heteroatoms. The van der Waals surface area contributed by atoms with Crippen LogP contribution in [0.4, 0.5) is 0 Å². The standard InChI is InChI=1S/C11H17NO4/c1-6(13)11(16)8-2-7(10(15)5-12)3-9(14)4-8/h2-4,6,10-11,13-16H,5,12H2,1H3/t6?,10?,11-/m0/s1. The van der Waals surface area contributed by atoms with E-state index in [1.807, 2.05) is 0 Å². The predicted octanol–water partition coefficient (Wildman–Crippen LogP) is -0.201. The van der Waals surface area contributed by atoms with E-state index in [0.29, 0.717) is 11.1 Å². The monoisotopic (exact) mass is 227 g/mol. The van der Waals surface area contributed by atoms with Crippen molar-refractivity contribution in [3.63, 3.8) is 0 Å². The van der Waals surface area contributed by atoms with Gasteiger partial charge < -0.3 is 26.2 Å². The summed E-state index contributed by atoms with van der Waals surface area (Å²) in [6.07, 6.45) is -2.95. The maximum absolute atomic E-state index is 9.63. The number of aliphatic hydroxyl groups is 3. The van der Waals surface area contributed by atoms with Crippen LogP contribution in [0.2, 0.25) is 0 Å². The molecule has 90 valence electrons. The Kier molecular flexibility index (Phi) is 4.26. The summed E-state index contributed by atoms with van der Waals surface area (Å²) in [7, 11) is 0. The van der Waals surface area contributed by atoms with Gasteiger partial charge in [0.05, 0.1) is 12.2 Å². The van der Waals surface area contributed by atoms with Gasteiger partial charge in [-0.05, 0) is 30.2 Å². The van der Waals surface area contributed by atoms with E-state index < -0.39 is 18.3 Å². The van der Waals surface area contributed by atoms with Gasteiger partial charge in [0.1, 0.15) is 11.9 Å². The van der Waals surface area contributed by atoms with Crippen molar-refractivity contribution in [2.45, 2.75) is 25.2 Å². The van der Waals surface area contributed by atoms with Gasteiger partial charge in [0.2, 0.25) is 0 Å². The second-order valence-electron chi connectivity index (χ2n) is 3.79.